The lowest BCUT2D eigenvalue weighted by molar-refractivity contribution is 0.0948. The van der Waals surface area contributed by atoms with Crippen LogP contribution in [0.15, 0.2) is 54.7 Å². The standard InChI is InChI=1S/C24H27N3O3/c1-29-19-12-13-20(22(14-19)30-2)23-21(24(28)25-15-17-8-6-7-9-17)16-27(26-23)18-10-4-3-5-11-18/h3-5,10-14,16-17H,6-9,15H2,1-2H3,(H,25,28). The maximum Gasteiger partial charge on any atom is 0.255 e. The fraction of sp³-hybridized carbons (Fsp3) is 0.333. The van der Waals surface area contributed by atoms with Gasteiger partial charge in [0.15, 0.2) is 0 Å². The Bertz CT molecular complexity index is 1010. The van der Waals surface area contributed by atoms with Gasteiger partial charge in [0.25, 0.3) is 5.91 Å². The third-order valence-electron chi connectivity index (χ3n) is 5.67. The number of carbonyl (C=O) groups is 1. The van der Waals surface area contributed by atoms with Gasteiger partial charge in [-0.2, -0.15) is 5.10 Å². The average molecular weight is 405 g/mol. The monoisotopic (exact) mass is 405 g/mol. The highest BCUT2D eigenvalue weighted by atomic mass is 16.5. The lowest BCUT2D eigenvalue weighted by atomic mass is 10.1. The number of methoxy groups -OCH3 is 2. The summed E-state index contributed by atoms with van der Waals surface area (Å²) in [6, 6.07) is 15.3. The van der Waals surface area contributed by atoms with Gasteiger partial charge in [-0.05, 0) is 43.0 Å². The number of nitrogens with one attached hydrogen (secondary N) is 1. The van der Waals surface area contributed by atoms with Crippen LogP contribution in [0, 0.1) is 5.92 Å². The highest BCUT2D eigenvalue weighted by Crippen LogP contribution is 2.35. The average Bonchev–Trinajstić information content (AvgIpc) is 3.48. The molecule has 1 aliphatic carbocycles. The Labute approximate surface area is 176 Å². The van der Waals surface area contributed by atoms with E-state index in [0.717, 1.165) is 11.3 Å². The molecule has 1 fully saturated rings. The number of ether oxygens (including phenoxy) is 2. The number of hydrogen-bond donors (Lipinski definition) is 1. The lowest BCUT2D eigenvalue weighted by Gasteiger charge is -2.12. The van der Waals surface area contributed by atoms with E-state index in [1.165, 1.54) is 25.7 Å². The Morgan fingerprint density at radius 1 is 1.10 bits per heavy atom. The van der Waals surface area contributed by atoms with Crippen LogP contribution < -0.4 is 14.8 Å². The summed E-state index contributed by atoms with van der Waals surface area (Å²) in [7, 11) is 3.22. The van der Waals surface area contributed by atoms with Crippen molar-refractivity contribution in [1.82, 2.24) is 15.1 Å². The molecule has 0 radical (unpaired) electrons. The van der Waals surface area contributed by atoms with E-state index in [1.807, 2.05) is 42.5 Å². The number of nitrogens with zero attached hydrogens (tertiary/aromatic N) is 2. The van der Waals surface area contributed by atoms with Crippen molar-refractivity contribution in [3.05, 3.63) is 60.3 Å². The van der Waals surface area contributed by atoms with E-state index in [9.17, 15) is 4.79 Å². The molecule has 0 unspecified atom stereocenters. The van der Waals surface area contributed by atoms with Gasteiger partial charge in [-0.3, -0.25) is 4.79 Å². The summed E-state index contributed by atoms with van der Waals surface area (Å²) >= 11 is 0. The van der Waals surface area contributed by atoms with Crippen molar-refractivity contribution < 1.29 is 14.3 Å². The predicted molar refractivity (Wildman–Crippen MR) is 116 cm³/mol. The summed E-state index contributed by atoms with van der Waals surface area (Å²) in [5.41, 5.74) is 2.75. The molecule has 156 valence electrons. The predicted octanol–water partition coefficient (Wildman–Crippen LogP) is 4.48. The van der Waals surface area contributed by atoms with Gasteiger partial charge in [0.1, 0.15) is 17.2 Å². The van der Waals surface area contributed by atoms with Gasteiger partial charge in [-0.1, -0.05) is 31.0 Å². The number of hydrogen-bond acceptors (Lipinski definition) is 4. The van der Waals surface area contributed by atoms with Gasteiger partial charge in [0.05, 0.1) is 25.5 Å². The smallest absolute Gasteiger partial charge is 0.255 e. The highest BCUT2D eigenvalue weighted by Gasteiger charge is 2.23. The minimum Gasteiger partial charge on any atom is -0.497 e. The Balaban J connectivity index is 1.72. The first-order valence-corrected chi connectivity index (χ1v) is 10.3. The molecule has 0 atom stereocenters. The number of para-hydroxylation sites is 1. The zero-order valence-electron chi connectivity index (χ0n) is 17.4. The molecule has 1 heterocycles. The number of benzene rings is 2. The van der Waals surface area contributed by atoms with Crippen LogP contribution in [0.1, 0.15) is 36.0 Å². The fourth-order valence-electron chi connectivity index (χ4n) is 3.99. The molecule has 0 saturated heterocycles. The van der Waals surface area contributed by atoms with Crippen LogP contribution >= 0.6 is 0 Å². The van der Waals surface area contributed by atoms with Crippen LogP contribution in [0.25, 0.3) is 16.9 Å². The van der Waals surface area contributed by atoms with Crippen LogP contribution in [0.5, 0.6) is 11.5 Å². The number of carbonyl (C=O) groups excluding carboxylic acids is 1. The van der Waals surface area contributed by atoms with Crippen LogP contribution in [-0.2, 0) is 0 Å². The second-order valence-electron chi connectivity index (χ2n) is 7.60. The molecule has 1 amide bonds. The number of rotatable bonds is 7. The largest absolute Gasteiger partial charge is 0.497 e. The molecule has 2 aromatic carbocycles. The fourth-order valence-corrected chi connectivity index (χ4v) is 3.99. The van der Waals surface area contributed by atoms with Gasteiger partial charge < -0.3 is 14.8 Å². The second kappa shape index (κ2) is 9.03. The molecule has 4 rings (SSSR count). The second-order valence-corrected chi connectivity index (χ2v) is 7.60. The van der Waals surface area contributed by atoms with E-state index in [4.69, 9.17) is 14.6 Å². The third kappa shape index (κ3) is 4.17. The summed E-state index contributed by atoms with van der Waals surface area (Å²) in [5.74, 6) is 1.75. The van der Waals surface area contributed by atoms with Crippen molar-refractivity contribution in [3.63, 3.8) is 0 Å². The van der Waals surface area contributed by atoms with Crippen molar-refractivity contribution in [2.75, 3.05) is 20.8 Å². The minimum atomic E-state index is -0.114. The van der Waals surface area contributed by atoms with Crippen molar-refractivity contribution >= 4 is 5.91 Å². The zero-order valence-corrected chi connectivity index (χ0v) is 17.4. The molecule has 1 aromatic heterocycles. The molecule has 6 nitrogen and oxygen atoms in total. The molecule has 1 saturated carbocycles. The Kier molecular flexibility index (Phi) is 6.02. The number of aromatic nitrogens is 2. The lowest BCUT2D eigenvalue weighted by Crippen LogP contribution is -2.28. The first-order chi connectivity index (χ1) is 14.7. The maximum absolute atomic E-state index is 13.1. The normalized spacial score (nSPS) is 13.9. The highest BCUT2D eigenvalue weighted by molar-refractivity contribution is 6.00. The molecular formula is C24H27N3O3. The van der Waals surface area contributed by atoms with Gasteiger partial charge in [-0.25, -0.2) is 4.68 Å². The topological polar surface area (TPSA) is 65.4 Å². The molecule has 0 aliphatic heterocycles. The van der Waals surface area contributed by atoms with Crippen molar-refractivity contribution in [2.24, 2.45) is 5.92 Å². The van der Waals surface area contributed by atoms with E-state index in [1.54, 1.807) is 31.2 Å². The SMILES string of the molecule is COc1ccc(-c2nn(-c3ccccc3)cc2C(=O)NCC2CCCC2)c(OC)c1. The van der Waals surface area contributed by atoms with Gasteiger partial charge >= 0.3 is 0 Å². The summed E-state index contributed by atoms with van der Waals surface area (Å²) in [6.07, 6.45) is 6.66. The molecule has 30 heavy (non-hydrogen) atoms. The maximum atomic E-state index is 13.1. The van der Waals surface area contributed by atoms with E-state index in [2.05, 4.69) is 5.32 Å². The van der Waals surface area contributed by atoms with Crippen molar-refractivity contribution in [3.8, 4) is 28.4 Å². The summed E-state index contributed by atoms with van der Waals surface area (Å²) < 4.78 is 12.6. The quantitative estimate of drug-likeness (QED) is 0.630. The Morgan fingerprint density at radius 3 is 2.57 bits per heavy atom. The van der Waals surface area contributed by atoms with E-state index in [0.29, 0.717) is 35.2 Å². The summed E-state index contributed by atoms with van der Waals surface area (Å²) in [6.45, 7) is 0.703. The molecule has 0 spiro atoms. The minimum absolute atomic E-state index is 0.114. The van der Waals surface area contributed by atoms with E-state index < -0.39 is 0 Å². The number of amides is 1. The van der Waals surface area contributed by atoms with E-state index >= 15 is 0 Å². The molecule has 6 heteroatoms. The Morgan fingerprint density at radius 2 is 1.87 bits per heavy atom. The Hall–Kier alpha value is -3.28. The summed E-state index contributed by atoms with van der Waals surface area (Å²) in [5, 5.41) is 7.87. The molecule has 1 N–H and O–H groups in total. The van der Waals surface area contributed by atoms with Gasteiger partial charge in [0.2, 0.25) is 0 Å². The van der Waals surface area contributed by atoms with Crippen molar-refractivity contribution in [2.45, 2.75) is 25.7 Å². The molecule has 0 bridgehead atoms. The van der Waals surface area contributed by atoms with E-state index in [-0.39, 0.29) is 5.91 Å². The third-order valence-corrected chi connectivity index (χ3v) is 5.67. The molecular weight excluding hydrogens is 378 g/mol. The van der Waals surface area contributed by atoms with Gasteiger partial charge in [-0.15, -0.1) is 0 Å². The molecule has 1 aliphatic rings. The van der Waals surface area contributed by atoms with Crippen LogP contribution in [0.2, 0.25) is 0 Å². The van der Waals surface area contributed by atoms with Crippen LogP contribution in [0.3, 0.4) is 0 Å². The first kappa shape index (κ1) is 20.0. The van der Waals surface area contributed by atoms with Crippen LogP contribution in [-0.4, -0.2) is 36.5 Å². The first-order valence-electron chi connectivity index (χ1n) is 10.3. The summed E-state index contributed by atoms with van der Waals surface area (Å²) in [4.78, 5) is 13.1. The molecule has 3 aromatic rings. The van der Waals surface area contributed by atoms with Crippen molar-refractivity contribution in [1.29, 1.82) is 0 Å². The van der Waals surface area contributed by atoms with Crippen LogP contribution in [0.4, 0.5) is 0 Å². The zero-order chi connectivity index (χ0) is 20.9. The van der Waals surface area contributed by atoms with Gasteiger partial charge in [0, 0.05) is 24.4 Å².